The van der Waals surface area contributed by atoms with Crippen LogP contribution in [0.1, 0.15) is 19.4 Å². The van der Waals surface area contributed by atoms with E-state index in [1.165, 1.54) is 11.1 Å². The number of hydrogen-bond acceptors (Lipinski definition) is 0. The molecular formula is C16H20. The molecule has 1 rings (SSSR count). The molecule has 0 saturated carbocycles. The largest absolute Gasteiger partial charge is 0.0991 e. The summed E-state index contributed by atoms with van der Waals surface area (Å²) in [5, 5.41) is 0. The van der Waals surface area contributed by atoms with Crippen LogP contribution in [0.2, 0.25) is 0 Å². The molecule has 0 spiro atoms. The number of benzene rings is 1. The van der Waals surface area contributed by atoms with Crippen LogP contribution in [0.3, 0.4) is 0 Å². The fraction of sp³-hybridized carbons (Fsp3) is 0.250. The van der Waals surface area contributed by atoms with Crippen molar-refractivity contribution in [3.63, 3.8) is 0 Å². The first-order valence-corrected chi connectivity index (χ1v) is 5.74. The minimum atomic E-state index is 0.580. The third-order valence-corrected chi connectivity index (χ3v) is 2.77. The maximum Gasteiger partial charge on any atom is -0.0191 e. The highest BCUT2D eigenvalue weighted by Crippen LogP contribution is 2.16. The Balaban J connectivity index is 2.58. The van der Waals surface area contributed by atoms with Gasteiger partial charge in [0.25, 0.3) is 0 Å². The molecule has 0 N–H and O–H groups in total. The van der Waals surface area contributed by atoms with Gasteiger partial charge in [0, 0.05) is 0 Å². The van der Waals surface area contributed by atoms with E-state index in [1.54, 1.807) is 6.08 Å². The van der Waals surface area contributed by atoms with Gasteiger partial charge in [0.1, 0.15) is 0 Å². The van der Waals surface area contributed by atoms with E-state index in [4.69, 9.17) is 0 Å². The maximum atomic E-state index is 3.65. The van der Waals surface area contributed by atoms with E-state index in [0.29, 0.717) is 5.92 Å². The summed E-state index contributed by atoms with van der Waals surface area (Å²) in [5.74, 6) is 0.580. The Labute approximate surface area is 99.0 Å². The summed E-state index contributed by atoms with van der Waals surface area (Å²) in [6.07, 6.45) is 9.06. The van der Waals surface area contributed by atoms with Crippen molar-refractivity contribution in [2.45, 2.75) is 20.3 Å². The Kier molecular flexibility index (Phi) is 5.35. The van der Waals surface area contributed by atoms with E-state index in [0.717, 1.165) is 6.42 Å². The molecule has 0 amide bonds. The molecule has 84 valence electrons. The van der Waals surface area contributed by atoms with Gasteiger partial charge in [0.15, 0.2) is 0 Å². The van der Waals surface area contributed by atoms with Gasteiger partial charge in [-0.3, -0.25) is 0 Å². The van der Waals surface area contributed by atoms with Crippen LogP contribution in [0.15, 0.2) is 66.8 Å². The van der Waals surface area contributed by atoms with Crippen molar-refractivity contribution in [2.24, 2.45) is 5.92 Å². The molecule has 1 atom stereocenters. The van der Waals surface area contributed by atoms with Crippen molar-refractivity contribution < 1.29 is 0 Å². The molecule has 1 aromatic carbocycles. The van der Waals surface area contributed by atoms with Crippen molar-refractivity contribution in [3.8, 4) is 0 Å². The van der Waals surface area contributed by atoms with E-state index in [-0.39, 0.29) is 0 Å². The van der Waals surface area contributed by atoms with Crippen LogP contribution in [-0.2, 0) is 6.42 Å². The van der Waals surface area contributed by atoms with Gasteiger partial charge >= 0.3 is 0 Å². The average Bonchev–Trinajstić information content (AvgIpc) is 2.30. The average molecular weight is 212 g/mol. The second kappa shape index (κ2) is 6.84. The summed E-state index contributed by atoms with van der Waals surface area (Å²) in [4.78, 5) is 0. The zero-order valence-electron chi connectivity index (χ0n) is 10.2. The fourth-order valence-electron chi connectivity index (χ4n) is 1.58. The van der Waals surface area contributed by atoms with Crippen LogP contribution < -0.4 is 0 Å². The quantitative estimate of drug-likeness (QED) is 0.628. The predicted octanol–water partition coefficient (Wildman–Crippen LogP) is 4.55. The van der Waals surface area contributed by atoms with Gasteiger partial charge in [-0.1, -0.05) is 73.7 Å². The molecule has 0 bridgehead atoms. The molecular weight excluding hydrogens is 192 g/mol. The number of allylic oxidation sites excluding steroid dienone is 5. The summed E-state index contributed by atoms with van der Waals surface area (Å²) in [7, 11) is 0. The first-order chi connectivity index (χ1) is 7.74. The van der Waals surface area contributed by atoms with Crippen molar-refractivity contribution >= 4 is 0 Å². The Bertz CT molecular complexity index is 368. The zero-order chi connectivity index (χ0) is 11.8. The van der Waals surface area contributed by atoms with E-state index in [9.17, 15) is 0 Å². The highest BCUT2D eigenvalue weighted by atomic mass is 14.1. The topological polar surface area (TPSA) is 0 Å². The van der Waals surface area contributed by atoms with Crippen molar-refractivity contribution in [3.05, 3.63) is 72.4 Å². The van der Waals surface area contributed by atoms with Gasteiger partial charge in [-0.05, 0) is 24.8 Å². The normalized spacial score (nSPS) is 14.0. The molecule has 0 fully saturated rings. The molecule has 0 aliphatic carbocycles. The Morgan fingerprint density at radius 2 is 1.94 bits per heavy atom. The summed E-state index contributed by atoms with van der Waals surface area (Å²) < 4.78 is 0. The predicted molar refractivity (Wildman–Crippen MR) is 72.4 cm³/mol. The lowest BCUT2D eigenvalue weighted by atomic mass is 9.94. The molecule has 0 heteroatoms. The first-order valence-electron chi connectivity index (χ1n) is 5.74. The fourth-order valence-corrected chi connectivity index (χ4v) is 1.58. The van der Waals surface area contributed by atoms with E-state index < -0.39 is 0 Å². The van der Waals surface area contributed by atoms with Gasteiger partial charge in [-0.25, -0.2) is 0 Å². The molecule has 0 aliphatic heterocycles. The SMILES string of the molecule is C=C/C=C\C=C(/C)C(C)Cc1ccccc1. The molecule has 0 aliphatic rings. The summed E-state index contributed by atoms with van der Waals surface area (Å²) in [6.45, 7) is 8.10. The minimum Gasteiger partial charge on any atom is -0.0991 e. The highest BCUT2D eigenvalue weighted by molar-refractivity contribution is 5.20. The van der Waals surface area contributed by atoms with Crippen molar-refractivity contribution in [1.82, 2.24) is 0 Å². The zero-order valence-corrected chi connectivity index (χ0v) is 10.2. The van der Waals surface area contributed by atoms with Crippen LogP contribution in [0.25, 0.3) is 0 Å². The van der Waals surface area contributed by atoms with E-state index in [2.05, 4.69) is 56.8 Å². The smallest absolute Gasteiger partial charge is 0.0191 e. The molecule has 0 radical (unpaired) electrons. The molecule has 1 unspecified atom stereocenters. The second-order valence-corrected chi connectivity index (χ2v) is 4.12. The van der Waals surface area contributed by atoms with Crippen LogP contribution >= 0.6 is 0 Å². The molecule has 0 saturated heterocycles. The van der Waals surface area contributed by atoms with E-state index in [1.807, 2.05) is 12.2 Å². The Morgan fingerprint density at radius 1 is 1.25 bits per heavy atom. The van der Waals surface area contributed by atoms with Gasteiger partial charge in [-0.15, -0.1) is 0 Å². The van der Waals surface area contributed by atoms with Gasteiger partial charge in [0.2, 0.25) is 0 Å². The molecule has 1 aromatic rings. The van der Waals surface area contributed by atoms with Gasteiger partial charge in [-0.2, -0.15) is 0 Å². The summed E-state index contributed by atoms with van der Waals surface area (Å²) >= 11 is 0. The Hall–Kier alpha value is -1.56. The number of hydrogen-bond donors (Lipinski definition) is 0. The molecule has 16 heavy (non-hydrogen) atoms. The maximum absolute atomic E-state index is 3.65. The lowest BCUT2D eigenvalue weighted by molar-refractivity contribution is 0.678. The summed E-state index contributed by atoms with van der Waals surface area (Å²) in [5.41, 5.74) is 2.80. The summed E-state index contributed by atoms with van der Waals surface area (Å²) in [6, 6.07) is 10.6. The van der Waals surface area contributed by atoms with E-state index >= 15 is 0 Å². The highest BCUT2D eigenvalue weighted by Gasteiger charge is 2.04. The van der Waals surface area contributed by atoms with Gasteiger partial charge < -0.3 is 0 Å². The van der Waals surface area contributed by atoms with Crippen LogP contribution in [0.5, 0.6) is 0 Å². The lowest BCUT2D eigenvalue weighted by Crippen LogP contribution is -2.00. The third-order valence-electron chi connectivity index (χ3n) is 2.77. The standard InChI is InChI=1S/C16H20/c1-4-5-7-10-14(2)15(3)13-16-11-8-6-9-12-16/h4-12,15H,1,13H2,2-3H3/b7-5-,14-10+. The van der Waals surface area contributed by atoms with Crippen molar-refractivity contribution in [2.75, 3.05) is 0 Å². The molecule has 0 aromatic heterocycles. The van der Waals surface area contributed by atoms with Gasteiger partial charge in [0.05, 0.1) is 0 Å². The second-order valence-electron chi connectivity index (χ2n) is 4.12. The van der Waals surface area contributed by atoms with Crippen LogP contribution in [0.4, 0.5) is 0 Å². The first kappa shape index (κ1) is 12.5. The van der Waals surface area contributed by atoms with Crippen molar-refractivity contribution in [1.29, 1.82) is 0 Å². The molecule has 0 heterocycles. The van der Waals surface area contributed by atoms with Crippen LogP contribution in [0, 0.1) is 5.92 Å². The number of rotatable bonds is 5. The van der Waals surface area contributed by atoms with Crippen LogP contribution in [-0.4, -0.2) is 0 Å². The minimum absolute atomic E-state index is 0.580. The Morgan fingerprint density at radius 3 is 2.56 bits per heavy atom. The monoisotopic (exact) mass is 212 g/mol. The third kappa shape index (κ3) is 4.31. The molecule has 0 nitrogen and oxygen atoms in total. The lowest BCUT2D eigenvalue weighted by Gasteiger charge is -2.11.